The fraction of sp³-hybridized carbons (Fsp3) is 0.269. The second-order valence-corrected chi connectivity index (χ2v) is 8.27. The first-order chi connectivity index (χ1) is 16.0. The van der Waals surface area contributed by atoms with Gasteiger partial charge in [0.2, 0.25) is 0 Å². The largest absolute Gasteiger partial charge is 0.354 e. The summed E-state index contributed by atoms with van der Waals surface area (Å²) in [5, 5.41) is 21.9. The second-order valence-electron chi connectivity index (χ2n) is 7.86. The molecule has 0 aliphatic rings. The number of nitrogens with zero attached hydrogens (tertiary/aromatic N) is 1. The van der Waals surface area contributed by atoms with Crippen molar-refractivity contribution in [2.75, 3.05) is 5.32 Å². The quantitative estimate of drug-likeness (QED) is 0.191. The van der Waals surface area contributed by atoms with Crippen LogP contribution >= 0.6 is 12.2 Å². The third-order valence-corrected chi connectivity index (χ3v) is 5.89. The van der Waals surface area contributed by atoms with E-state index in [1.165, 1.54) is 17.7 Å². The monoisotopic (exact) mass is 462 g/mol. The molecule has 0 bridgehead atoms. The van der Waals surface area contributed by atoms with Gasteiger partial charge in [-0.15, -0.1) is 0 Å². The standard InChI is InChI=1S/C26H30N4O2S/c1-3-21(4-2)27-24(19-11-7-5-8-12-19)25(20-13-9-6-10-14-20)29-26(33)28-22-15-17-23(18-16-22)30(31)32/h5-18,21,24-25,27H,3-4H2,1-2H3,(H2,28,29,33). The van der Waals surface area contributed by atoms with Crippen LogP contribution in [0, 0.1) is 10.1 Å². The van der Waals surface area contributed by atoms with Crippen molar-refractivity contribution in [1.29, 1.82) is 0 Å². The van der Waals surface area contributed by atoms with E-state index in [-0.39, 0.29) is 17.8 Å². The molecule has 0 radical (unpaired) electrons. The first-order valence-electron chi connectivity index (χ1n) is 11.2. The van der Waals surface area contributed by atoms with Gasteiger partial charge in [-0.3, -0.25) is 10.1 Å². The van der Waals surface area contributed by atoms with Gasteiger partial charge in [-0.2, -0.15) is 0 Å². The molecule has 0 heterocycles. The van der Waals surface area contributed by atoms with Gasteiger partial charge in [0.05, 0.1) is 17.0 Å². The topological polar surface area (TPSA) is 79.2 Å². The van der Waals surface area contributed by atoms with E-state index >= 15 is 0 Å². The van der Waals surface area contributed by atoms with E-state index in [1.807, 2.05) is 36.4 Å². The Morgan fingerprint density at radius 2 is 1.36 bits per heavy atom. The average Bonchev–Trinajstić information content (AvgIpc) is 2.85. The van der Waals surface area contributed by atoms with Gasteiger partial charge in [0.15, 0.2) is 5.11 Å². The van der Waals surface area contributed by atoms with E-state index < -0.39 is 4.92 Å². The molecule has 0 aliphatic carbocycles. The number of thiocarbonyl (C=S) groups is 1. The average molecular weight is 463 g/mol. The lowest BCUT2D eigenvalue weighted by Gasteiger charge is -2.33. The molecule has 0 fully saturated rings. The van der Waals surface area contributed by atoms with Gasteiger partial charge in [0.25, 0.3) is 5.69 Å². The molecule has 3 rings (SSSR count). The van der Waals surface area contributed by atoms with Crippen LogP contribution in [0.4, 0.5) is 11.4 Å². The number of benzene rings is 3. The lowest BCUT2D eigenvalue weighted by Crippen LogP contribution is -2.43. The summed E-state index contributed by atoms with van der Waals surface area (Å²) in [7, 11) is 0. The van der Waals surface area contributed by atoms with Gasteiger partial charge in [-0.05, 0) is 48.3 Å². The maximum absolute atomic E-state index is 10.9. The van der Waals surface area contributed by atoms with Crippen LogP contribution in [-0.2, 0) is 0 Å². The Bertz CT molecular complexity index is 1030. The van der Waals surface area contributed by atoms with Gasteiger partial charge >= 0.3 is 0 Å². The molecule has 0 spiro atoms. The summed E-state index contributed by atoms with van der Waals surface area (Å²) in [6.07, 6.45) is 2.04. The molecular weight excluding hydrogens is 432 g/mol. The molecule has 0 saturated heterocycles. The van der Waals surface area contributed by atoms with E-state index in [0.29, 0.717) is 16.8 Å². The summed E-state index contributed by atoms with van der Waals surface area (Å²) in [6, 6.07) is 27.0. The van der Waals surface area contributed by atoms with Crippen LogP contribution in [0.3, 0.4) is 0 Å². The first kappa shape index (κ1) is 24.4. The lowest BCUT2D eigenvalue weighted by molar-refractivity contribution is -0.384. The van der Waals surface area contributed by atoms with Crippen LogP contribution in [-0.4, -0.2) is 16.1 Å². The van der Waals surface area contributed by atoms with E-state index in [0.717, 1.165) is 18.4 Å². The summed E-state index contributed by atoms with van der Waals surface area (Å²) in [5.74, 6) is 0. The predicted molar refractivity (Wildman–Crippen MR) is 138 cm³/mol. The molecule has 3 aromatic carbocycles. The van der Waals surface area contributed by atoms with Crippen molar-refractivity contribution in [3.05, 3.63) is 106 Å². The van der Waals surface area contributed by atoms with Gasteiger partial charge in [-0.25, -0.2) is 0 Å². The molecule has 2 atom stereocenters. The Morgan fingerprint density at radius 3 is 1.85 bits per heavy atom. The third-order valence-electron chi connectivity index (χ3n) is 5.67. The highest BCUT2D eigenvalue weighted by molar-refractivity contribution is 7.80. The summed E-state index contributed by atoms with van der Waals surface area (Å²) in [6.45, 7) is 4.38. The van der Waals surface area contributed by atoms with Crippen LogP contribution in [0.15, 0.2) is 84.9 Å². The normalized spacial score (nSPS) is 12.7. The molecule has 3 aromatic rings. The Morgan fingerprint density at radius 1 is 0.848 bits per heavy atom. The molecule has 0 saturated carbocycles. The number of hydrogen-bond donors (Lipinski definition) is 3. The van der Waals surface area contributed by atoms with Crippen LogP contribution < -0.4 is 16.0 Å². The van der Waals surface area contributed by atoms with Crippen molar-refractivity contribution in [2.24, 2.45) is 0 Å². The molecule has 2 unspecified atom stereocenters. The zero-order valence-electron chi connectivity index (χ0n) is 18.9. The zero-order valence-corrected chi connectivity index (χ0v) is 19.7. The highest BCUT2D eigenvalue weighted by atomic mass is 32.1. The van der Waals surface area contributed by atoms with E-state index in [2.05, 4.69) is 54.1 Å². The maximum atomic E-state index is 10.9. The molecule has 0 aliphatic heterocycles. The van der Waals surface area contributed by atoms with Crippen molar-refractivity contribution in [3.63, 3.8) is 0 Å². The Kier molecular flexibility index (Phi) is 8.92. The SMILES string of the molecule is CCC(CC)NC(c1ccccc1)C(NC(=S)Nc1ccc([N+](=O)[O-])cc1)c1ccccc1. The summed E-state index contributed by atoms with van der Waals surface area (Å²) in [5.41, 5.74) is 3.01. The number of rotatable bonds is 10. The molecule has 7 heteroatoms. The molecule has 33 heavy (non-hydrogen) atoms. The molecule has 0 aromatic heterocycles. The van der Waals surface area contributed by atoms with E-state index in [9.17, 15) is 10.1 Å². The molecule has 0 amide bonds. The van der Waals surface area contributed by atoms with Crippen molar-refractivity contribution in [1.82, 2.24) is 10.6 Å². The minimum absolute atomic E-state index is 0.0184. The number of nitrogens with one attached hydrogen (secondary N) is 3. The minimum atomic E-state index is -0.417. The number of nitro groups is 1. The van der Waals surface area contributed by atoms with Crippen molar-refractivity contribution in [3.8, 4) is 0 Å². The van der Waals surface area contributed by atoms with Gasteiger partial charge in [0, 0.05) is 23.9 Å². The summed E-state index contributed by atoms with van der Waals surface area (Å²) < 4.78 is 0. The highest BCUT2D eigenvalue weighted by Gasteiger charge is 2.27. The maximum Gasteiger partial charge on any atom is 0.269 e. The Balaban J connectivity index is 1.89. The van der Waals surface area contributed by atoms with Crippen LogP contribution in [0.1, 0.15) is 49.9 Å². The second kappa shape index (κ2) is 12.1. The number of nitro benzene ring substituents is 1. The van der Waals surface area contributed by atoms with E-state index in [4.69, 9.17) is 12.2 Å². The lowest BCUT2D eigenvalue weighted by atomic mass is 9.92. The van der Waals surface area contributed by atoms with Crippen LogP contribution in [0.25, 0.3) is 0 Å². The first-order valence-corrected chi connectivity index (χ1v) is 11.6. The number of hydrogen-bond acceptors (Lipinski definition) is 4. The van der Waals surface area contributed by atoms with E-state index in [1.54, 1.807) is 12.1 Å². The minimum Gasteiger partial charge on any atom is -0.354 e. The van der Waals surface area contributed by atoms with Crippen LogP contribution in [0.5, 0.6) is 0 Å². The van der Waals surface area contributed by atoms with Crippen molar-refractivity contribution in [2.45, 2.75) is 44.8 Å². The van der Waals surface area contributed by atoms with Crippen LogP contribution in [0.2, 0.25) is 0 Å². The van der Waals surface area contributed by atoms with Crippen molar-refractivity contribution < 1.29 is 4.92 Å². The predicted octanol–water partition coefficient (Wildman–Crippen LogP) is 6.14. The smallest absolute Gasteiger partial charge is 0.269 e. The van der Waals surface area contributed by atoms with Crippen molar-refractivity contribution >= 4 is 28.7 Å². The highest BCUT2D eigenvalue weighted by Crippen LogP contribution is 2.30. The Hall–Kier alpha value is -3.29. The Labute approximate surface area is 200 Å². The fourth-order valence-corrected chi connectivity index (χ4v) is 4.06. The fourth-order valence-electron chi connectivity index (χ4n) is 3.82. The van der Waals surface area contributed by atoms with Gasteiger partial charge < -0.3 is 16.0 Å². The van der Waals surface area contributed by atoms with Gasteiger partial charge in [0.1, 0.15) is 0 Å². The summed E-state index contributed by atoms with van der Waals surface area (Å²) >= 11 is 5.65. The number of anilines is 1. The van der Waals surface area contributed by atoms with Gasteiger partial charge in [-0.1, -0.05) is 74.5 Å². The summed E-state index contributed by atoms with van der Waals surface area (Å²) in [4.78, 5) is 10.5. The third kappa shape index (κ3) is 6.84. The molecule has 172 valence electrons. The molecular formula is C26H30N4O2S. The number of non-ortho nitro benzene ring substituents is 1. The zero-order chi connectivity index (χ0) is 23.6. The molecule has 3 N–H and O–H groups in total. The molecule has 6 nitrogen and oxygen atoms in total.